The maximum atomic E-state index is 12.6. The third-order valence-electron chi connectivity index (χ3n) is 1.49. The summed E-state index contributed by atoms with van der Waals surface area (Å²) in [5, 5.41) is 0. The quantitative estimate of drug-likeness (QED) is 0.627. The van der Waals surface area contributed by atoms with Crippen LogP contribution in [0.15, 0.2) is 30.9 Å². The van der Waals surface area contributed by atoms with Gasteiger partial charge in [0.15, 0.2) is 0 Å². The standard InChI is InChI=1S/C10H11FO/c1-3-6-12-10-5-4-9(11)7-8(10)2/h3-5,7H,1,6H2,2H3. The second-order valence-electron chi connectivity index (χ2n) is 2.51. The monoisotopic (exact) mass is 166 g/mol. The highest BCUT2D eigenvalue weighted by Gasteiger charge is 1.98. The van der Waals surface area contributed by atoms with Crippen molar-refractivity contribution in [2.45, 2.75) is 6.92 Å². The van der Waals surface area contributed by atoms with Crippen molar-refractivity contribution in [3.63, 3.8) is 0 Å². The molecule has 0 aromatic heterocycles. The van der Waals surface area contributed by atoms with Crippen molar-refractivity contribution in [2.24, 2.45) is 0 Å². The third kappa shape index (κ3) is 2.09. The Kier molecular flexibility index (Phi) is 2.86. The molecule has 0 fully saturated rings. The molecule has 0 saturated heterocycles. The molecule has 1 nitrogen and oxygen atoms in total. The van der Waals surface area contributed by atoms with Crippen molar-refractivity contribution < 1.29 is 9.13 Å². The van der Waals surface area contributed by atoms with Gasteiger partial charge in [0, 0.05) is 0 Å². The van der Waals surface area contributed by atoms with Crippen molar-refractivity contribution >= 4 is 0 Å². The van der Waals surface area contributed by atoms with Gasteiger partial charge in [-0.3, -0.25) is 0 Å². The molecule has 64 valence electrons. The zero-order valence-electron chi connectivity index (χ0n) is 7.01. The second-order valence-corrected chi connectivity index (χ2v) is 2.51. The van der Waals surface area contributed by atoms with E-state index >= 15 is 0 Å². The molecule has 0 bridgehead atoms. The Balaban J connectivity index is 2.78. The molecule has 2 heteroatoms. The van der Waals surface area contributed by atoms with Gasteiger partial charge in [-0.25, -0.2) is 4.39 Å². The fraction of sp³-hybridized carbons (Fsp3) is 0.200. The van der Waals surface area contributed by atoms with Gasteiger partial charge >= 0.3 is 0 Å². The molecule has 0 radical (unpaired) electrons. The molecule has 0 saturated carbocycles. The molecule has 0 atom stereocenters. The predicted molar refractivity (Wildman–Crippen MR) is 46.8 cm³/mol. The van der Waals surface area contributed by atoms with E-state index in [4.69, 9.17) is 4.74 Å². The molecule has 0 heterocycles. The van der Waals surface area contributed by atoms with Gasteiger partial charge in [-0.05, 0) is 30.7 Å². The van der Waals surface area contributed by atoms with Crippen LogP contribution in [-0.2, 0) is 0 Å². The van der Waals surface area contributed by atoms with Gasteiger partial charge in [-0.2, -0.15) is 0 Å². The maximum Gasteiger partial charge on any atom is 0.123 e. The molecule has 0 amide bonds. The summed E-state index contributed by atoms with van der Waals surface area (Å²) in [6.07, 6.45) is 1.66. The Bertz CT molecular complexity index is 281. The summed E-state index contributed by atoms with van der Waals surface area (Å²) < 4.78 is 17.9. The number of benzene rings is 1. The van der Waals surface area contributed by atoms with Crippen LogP contribution in [-0.4, -0.2) is 6.61 Å². The SMILES string of the molecule is C=CCOc1ccc(F)cc1C. The van der Waals surface area contributed by atoms with Gasteiger partial charge in [0.1, 0.15) is 18.2 Å². The lowest BCUT2D eigenvalue weighted by Gasteiger charge is -2.05. The first-order valence-corrected chi connectivity index (χ1v) is 3.74. The van der Waals surface area contributed by atoms with E-state index in [1.807, 2.05) is 6.92 Å². The average Bonchev–Trinajstić information content (AvgIpc) is 2.03. The third-order valence-corrected chi connectivity index (χ3v) is 1.49. The van der Waals surface area contributed by atoms with Crippen molar-refractivity contribution in [3.8, 4) is 5.75 Å². The average molecular weight is 166 g/mol. The smallest absolute Gasteiger partial charge is 0.123 e. The van der Waals surface area contributed by atoms with Gasteiger partial charge in [0.05, 0.1) is 0 Å². The first kappa shape index (κ1) is 8.78. The summed E-state index contributed by atoms with van der Waals surface area (Å²) in [7, 11) is 0. The van der Waals surface area contributed by atoms with Gasteiger partial charge in [0.25, 0.3) is 0 Å². The van der Waals surface area contributed by atoms with Crippen molar-refractivity contribution in [1.29, 1.82) is 0 Å². The highest BCUT2D eigenvalue weighted by Crippen LogP contribution is 2.17. The maximum absolute atomic E-state index is 12.6. The van der Waals surface area contributed by atoms with E-state index in [0.717, 1.165) is 5.56 Å². The van der Waals surface area contributed by atoms with E-state index in [9.17, 15) is 4.39 Å². The number of halogens is 1. The largest absolute Gasteiger partial charge is 0.489 e. The van der Waals surface area contributed by atoms with Crippen molar-refractivity contribution in [3.05, 3.63) is 42.2 Å². The number of ether oxygens (including phenoxy) is 1. The molecule has 1 rings (SSSR count). The Morgan fingerprint density at radius 1 is 1.58 bits per heavy atom. The van der Waals surface area contributed by atoms with E-state index in [0.29, 0.717) is 12.4 Å². The minimum Gasteiger partial charge on any atom is -0.489 e. The summed E-state index contributed by atoms with van der Waals surface area (Å²) >= 11 is 0. The van der Waals surface area contributed by atoms with Crippen LogP contribution >= 0.6 is 0 Å². The van der Waals surface area contributed by atoms with E-state index < -0.39 is 0 Å². The van der Waals surface area contributed by atoms with Crippen LogP contribution < -0.4 is 4.74 Å². The molecule has 1 aromatic rings. The topological polar surface area (TPSA) is 9.23 Å². The van der Waals surface area contributed by atoms with Crippen LogP contribution in [0.25, 0.3) is 0 Å². The summed E-state index contributed by atoms with van der Waals surface area (Å²) in [5.41, 5.74) is 0.803. The molecule has 0 aliphatic rings. The molecule has 0 unspecified atom stereocenters. The number of hydrogen-bond acceptors (Lipinski definition) is 1. The van der Waals surface area contributed by atoms with Crippen LogP contribution in [0.2, 0.25) is 0 Å². The number of aryl methyl sites for hydroxylation is 1. The van der Waals surface area contributed by atoms with Crippen molar-refractivity contribution in [2.75, 3.05) is 6.61 Å². The zero-order chi connectivity index (χ0) is 8.97. The molecular formula is C10H11FO. The Hall–Kier alpha value is -1.31. The van der Waals surface area contributed by atoms with Crippen LogP contribution in [0.5, 0.6) is 5.75 Å². The molecule has 12 heavy (non-hydrogen) atoms. The molecule has 1 aromatic carbocycles. The van der Waals surface area contributed by atoms with E-state index in [1.54, 1.807) is 12.1 Å². The number of hydrogen-bond donors (Lipinski definition) is 0. The molecule has 0 spiro atoms. The Labute approximate surface area is 71.5 Å². The van der Waals surface area contributed by atoms with Gasteiger partial charge in [-0.1, -0.05) is 12.7 Å². The van der Waals surface area contributed by atoms with Gasteiger partial charge in [0.2, 0.25) is 0 Å². The molecule has 0 aliphatic carbocycles. The van der Waals surface area contributed by atoms with Crippen LogP contribution in [0.1, 0.15) is 5.56 Å². The minimum absolute atomic E-state index is 0.238. The fourth-order valence-electron chi connectivity index (χ4n) is 0.923. The van der Waals surface area contributed by atoms with Crippen LogP contribution in [0.4, 0.5) is 4.39 Å². The minimum atomic E-state index is -0.238. The normalized spacial score (nSPS) is 9.50. The molecular weight excluding hydrogens is 155 g/mol. The van der Waals surface area contributed by atoms with Crippen LogP contribution in [0, 0.1) is 12.7 Å². The Morgan fingerprint density at radius 2 is 2.33 bits per heavy atom. The Morgan fingerprint density at radius 3 is 2.92 bits per heavy atom. The van der Waals surface area contributed by atoms with Crippen LogP contribution in [0.3, 0.4) is 0 Å². The lowest BCUT2D eigenvalue weighted by atomic mass is 10.2. The predicted octanol–water partition coefficient (Wildman–Crippen LogP) is 2.70. The lowest BCUT2D eigenvalue weighted by molar-refractivity contribution is 0.360. The van der Waals surface area contributed by atoms with Crippen molar-refractivity contribution in [1.82, 2.24) is 0 Å². The van der Waals surface area contributed by atoms with E-state index in [-0.39, 0.29) is 5.82 Å². The summed E-state index contributed by atoms with van der Waals surface area (Å²) in [4.78, 5) is 0. The highest BCUT2D eigenvalue weighted by molar-refractivity contribution is 5.32. The summed E-state index contributed by atoms with van der Waals surface area (Å²) in [6.45, 7) is 5.78. The molecule has 0 aliphatic heterocycles. The lowest BCUT2D eigenvalue weighted by Crippen LogP contribution is -1.95. The van der Waals surface area contributed by atoms with Gasteiger partial charge in [-0.15, -0.1) is 0 Å². The molecule has 0 N–H and O–H groups in total. The first-order valence-electron chi connectivity index (χ1n) is 3.74. The fourth-order valence-corrected chi connectivity index (χ4v) is 0.923. The summed E-state index contributed by atoms with van der Waals surface area (Å²) in [5.74, 6) is 0.467. The highest BCUT2D eigenvalue weighted by atomic mass is 19.1. The van der Waals surface area contributed by atoms with E-state index in [1.165, 1.54) is 12.1 Å². The number of rotatable bonds is 3. The van der Waals surface area contributed by atoms with Gasteiger partial charge < -0.3 is 4.74 Å². The first-order chi connectivity index (χ1) is 5.74. The summed E-state index contributed by atoms with van der Waals surface area (Å²) in [6, 6.07) is 4.44. The van der Waals surface area contributed by atoms with E-state index in [2.05, 4.69) is 6.58 Å². The zero-order valence-corrected chi connectivity index (χ0v) is 7.01. The second kappa shape index (κ2) is 3.90.